The van der Waals surface area contributed by atoms with Gasteiger partial charge in [-0.2, -0.15) is 0 Å². The van der Waals surface area contributed by atoms with E-state index in [0.29, 0.717) is 5.56 Å². The fourth-order valence-corrected chi connectivity index (χ4v) is 2.43. The molecule has 0 aliphatic rings. The fourth-order valence-electron chi connectivity index (χ4n) is 2.16. The molecule has 0 saturated carbocycles. The van der Waals surface area contributed by atoms with Gasteiger partial charge < -0.3 is 5.11 Å². The molecule has 1 nitrogen and oxygen atoms in total. The van der Waals surface area contributed by atoms with Crippen LogP contribution >= 0.6 is 11.6 Å². The summed E-state index contributed by atoms with van der Waals surface area (Å²) in [6, 6.07) is 11.9. The van der Waals surface area contributed by atoms with Crippen molar-refractivity contribution in [3.63, 3.8) is 0 Å². The first-order valence-electron chi connectivity index (χ1n) is 5.88. The van der Waals surface area contributed by atoms with Crippen molar-refractivity contribution in [2.45, 2.75) is 12.0 Å². The van der Waals surface area contributed by atoms with Gasteiger partial charge in [0.15, 0.2) is 0 Å². The van der Waals surface area contributed by atoms with Gasteiger partial charge in [-0.1, -0.05) is 36.4 Å². The van der Waals surface area contributed by atoms with Crippen LogP contribution in [0.3, 0.4) is 0 Å². The maximum atomic E-state index is 13.9. The molecular formula is C15H13ClF2O. The quantitative estimate of drug-likeness (QED) is 0.845. The van der Waals surface area contributed by atoms with Gasteiger partial charge in [0.1, 0.15) is 17.2 Å². The van der Waals surface area contributed by atoms with Crippen LogP contribution in [0.5, 0.6) is 0 Å². The van der Waals surface area contributed by atoms with E-state index in [-0.39, 0.29) is 17.9 Å². The molecule has 4 heteroatoms. The highest BCUT2D eigenvalue weighted by atomic mass is 35.5. The van der Waals surface area contributed by atoms with Gasteiger partial charge in [-0.05, 0) is 24.1 Å². The van der Waals surface area contributed by atoms with Crippen LogP contribution < -0.4 is 0 Å². The van der Waals surface area contributed by atoms with Crippen molar-refractivity contribution in [1.82, 2.24) is 0 Å². The molecule has 0 saturated heterocycles. The van der Waals surface area contributed by atoms with Gasteiger partial charge in [-0.15, -0.1) is 11.6 Å². The average Bonchev–Trinajstić information content (AvgIpc) is 2.40. The molecule has 2 aromatic carbocycles. The lowest BCUT2D eigenvalue weighted by Crippen LogP contribution is -2.30. The molecule has 0 aliphatic carbocycles. The zero-order chi connectivity index (χ0) is 13.9. The third kappa shape index (κ3) is 2.62. The van der Waals surface area contributed by atoms with Gasteiger partial charge in [-0.25, -0.2) is 8.78 Å². The van der Waals surface area contributed by atoms with Crippen molar-refractivity contribution < 1.29 is 13.9 Å². The smallest absolute Gasteiger partial charge is 0.132 e. The standard InChI is InChI=1S/C15H13ClF2O/c16-10-9-15(19,11-5-2-1-3-6-11)14-12(17)7-4-8-13(14)18/h1-8,19H,9-10H2. The number of rotatable bonds is 4. The summed E-state index contributed by atoms with van der Waals surface area (Å²) in [6.45, 7) is 0. The number of benzene rings is 2. The molecule has 19 heavy (non-hydrogen) atoms. The van der Waals surface area contributed by atoms with E-state index in [1.165, 1.54) is 6.07 Å². The van der Waals surface area contributed by atoms with Crippen LogP contribution in [-0.2, 0) is 5.60 Å². The Morgan fingerprint density at radius 1 is 0.947 bits per heavy atom. The van der Waals surface area contributed by atoms with Gasteiger partial charge in [0.25, 0.3) is 0 Å². The first-order valence-corrected chi connectivity index (χ1v) is 6.41. The molecule has 0 amide bonds. The molecule has 1 unspecified atom stereocenters. The van der Waals surface area contributed by atoms with E-state index in [1.54, 1.807) is 30.3 Å². The summed E-state index contributed by atoms with van der Waals surface area (Å²) in [4.78, 5) is 0. The molecule has 0 heterocycles. The Balaban J connectivity index is 2.63. The summed E-state index contributed by atoms with van der Waals surface area (Å²) in [6.07, 6.45) is 0.0242. The van der Waals surface area contributed by atoms with Crippen LogP contribution in [0.2, 0.25) is 0 Å². The maximum absolute atomic E-state index is 13.9. The summed E-state index contributed by atoms with van der Waals surface area (Å²) in [5, 5.41) is 10.8. The third-order valence-electron chi connectivity index (χ3n) is 3.08. The Labute approximate surface area is 115 Å². The van der Waals surface area contributed by atoms with Crippen LogP contribution in [0.1, 0.15) is 17.5 Å². The summed E-state index contributed by atoms with van der Waals surface area (Å²) in [5.41, 5.74) is -1.71. The monoisotopic (exact) mass is 282 g/mol. The molecule has 100 valence electrons. The molecule has 0 radical (unpaired) electrons. The second-order valence-electron chi connectivity index (χ2n) is 4.26. The number of hydrogen-bond acceptors (Lipinski definition) is 1. The number of alkyl halides is 1. The molecule has 0 fully saturated rings. The van der Waals surface area contributed by atoms with Gasteiger partial charge in [0.2, 0.25) is 0 Å². The van der Waals surface area contributed by atoms with Gasteiger partial charge >= 0.3 is 0 Å². The molecule has 0 aliphatic heterocycles. The van der Waals surface area contributed by atoms with Crippen LogP contribution in [0.15, 0.2) is 48.5 Å². The van der Waals surface area contributed by atoms with E-state index in [2.05, 4.69) is 0 Å². The van der Waals surface area contributed by atoms with Crippen molar-refractivity contribution in [1.29, 1.82) is 0 Å². The fraction of sp³-hybridized carbons (Fsp3) is 0.200. The molecule has 0 bridgehead atoms. The topological polar surface area (TPSA) is 20.2 Å². The van der Waals surface area contributed by atoms with E-state index in [0.717, 1.165) is 12.1 Å². The van der Waals surface area contributed by atoms with Gasteiger partial charge in [0, 0.05) is 5.88 Å². The van der Waals surface area contributed by atoms with E-state index < -0.39 is 17.2 Å². The Morgan fingerprint density at radius 2 is 1.53 bits per heavy atom. The van der Waals surface area contributed by atoms with Gasteiger partial charge in [0.05, 0.1) is 5.56 Å². The average molecular weight is 283 g/mol. The normalized spacial score (nSPS) is 14.1. The lowest BCUT2D eigenvalue weighted by atomic mass is 9.83. The largest absolute Gasteiger partial charge is 0.380 e. The number of aliphatic hydroxyl groups is 1. The molecule has 2 rings (SSSR count). The Hall–Kier alpha value is -1.45. The molecule has 1 atom stereocenters. The van der Waals surface area contributed by atoms with Crippen molar-refractivity contribution in [2.24, 2.45) is 0 Å². The Kier molecular flexibility index (Phi) is 4.17. The van der Waals surface area contributed by atoms with E-state index >= 15 is 0 Å². The second kappa shape index (κ2) is 5.68. The third-order valence-corrected chi connectivity index (χ3v) is 3.27. The van der Waals surface area contributed by atoms with Crippen molar-refractivity contribution >= 4 is 11.6 Å². The summed E-state index contributed by atoms with van der Waals surface area (Å²) in [7, 11) is 0. The first-order chi connectivity index (χ1) is 9.09. The lowest BCUT2D eigenvalue weighted by molar-refractivity contribution is 0.0693. The molecule has 2 aromatic rings. The van der Waals surface area contributed by atoms with E-state index in [9.17, 15) is 13.9 Å². The summed E-state index contributed by atoms with van der Waals surface area (Å²) < 4.78 is 27.8. The van der Waals surface area contributed by atoms with Crippen molar-refractivity contribution in [3.8, 4) is 0 Å². The lowest BCUT2D eigenvalue weighted by Gasteiger charge is -2.29. The van der Waals surface area contributed by atoms with Crippen LogP contribution in [0.25, 0.3) is 0 Å². The van der Waals surface area contributed by atoms with Gasteiger partial charge in [-0.3, -0.25) is 0 Å². The SMILES string of the molecule is OC(CCCl)(c1ccccc1)c1c(F)cccc1F. The number of halogens is 3. The highest BCUT2D eigenvalue weighted by Crippen LogP contribution is 2.36. The zero-order valence-corrected chi connectivity index (χ0v) is 10.9. The summed E-state index contributed by atoms with van der Waals surface area (Å²) >= 11 is 5.69. The molecule has 1 N–H and O–H groups in total. The minimum Gasteiger partial charge on any atom is -0.380 e. The van der Waals surface area contributed by atoms with Crippen LogP contribution in [0.4, 0.5) is 8.78 Å². The minimum absolute atomic E-state index is 0.0242. The maximum Gasteiger partial charge on any atom is 0.132 e. The predicted molar refractivity (Wildman–Crippen MR) is 71.1 cm³/mol. The van der Waals surface area contributed by atoms with E-state index in [4.69, 9.17) is 11.6 Å². The van der Waals surface area contributed by atoms with Crippen molar-refractivity contribution in [2.75, 3.05) is 5.88 Å². The van der Waals surface area contributed by atoms with Crippen LogP contribution in [-0.4, -0.2) is 11.0 Å². The summed E-state index contributed by atoms with van der Waals surface area (Å²) in [5.74, 6) is -1.48. The predicted octanol–water partition coefficient (Wildman–Crippen LogP) is 3.83. The van der Waals surface area contributed by atoms with Crippen molar-refractivity contribution in [3.05, 3.63) is 71.3 Å². The Bertz CT molecular complexity index is 539. The highest BCUT2D eigenvalue weighted by Gasteiger charge is 2.36. The molecule has 0 aromatic heterocycles. The number of hydrogen-bond donors (Lipinski definition) is 1. The Morgan fingerprint density at radius 3 is 2.05 bits per heavy atom. The highest BCUT2D eigenvalue weighted by molar-refractivity contribution is 6.17. The van der Waals surface area contributed by atoms with Crippen LogP contribution in [0, 0.1) is 11.6 Å². The second-order valence-corrected chi connectivity index (χ2v) is 4.64. The minimum atomic E-state index is -1.77. The first kappa shape index (κ1) is 14.0. The molecular weight excluding hydrogens is 270 g/mol. The molecule has 0 spiro atoms. The van der Waals surface area contributed by atoms with E-state index in [1.807, 2.05) is 0 Å². The zero-order valence-electron chi connectivity index (χ0n) is 10.1.